The maximum absolute atomic E-state index is 5.17. The summed E-state index contributed by atoms with van der Waals surface area (Å²) in [6.07, 6.45) is 1.16. The van der Waals surface area contributed by atoms with E-state index in [1.807, 2.05) is 11.8 Å². The molecular weight excluding hydrogens is 276 g/mol. The van der Waals surface area contributed by atoms with Crippen LogP contribution in [0.4, 0.5) is 0 Å². The lowest BCUT2D eigenvalue weighted by Gasteiger charge is -2.28. The molecule has 0 amide bonds. The lowest BCUT2D eigenvalue weighted by molar-refractivity contribution is 0.186. The van der Waals surface area contributed by atoms with Crippen LogP contribution >= 0.6 is 23.1 Å². The minimum absolute atomic E-state index is 0.0560. The van der Waals surface area contributed by atoms with Crippen LogP contribution < -0.4 is 5.32 Å². The molecule has 0 spiro atoms. The Hall–Kier alpha value is -0.100. The van der Waals surface area contributed by atoms with E-state index in [1.165, 1.54) is 10.7 Å². The molecular formula is C14H24N2OS2. The van der Waals surface area contributed by atoms with Gasteiger partial charge >= 0.3 is 0 Å². The Balaban J connectivity index is 2.16. The van der Waals surface area contributed by atoms with Crippen molar-refractivity contribution in [1.82, 2.24) is 10.3 Å². The summed E-state index contributed by atoms with van der Waals surface area (Å²) in [7, 11) is 1.75. The number of nitrogens with zero attached hydrogens (tertiary/aromatic N) is 1. The molecule has 0 saturated carbocycles. The van der Waals surface area contributed by atoms with Crippen LogP contribution in [0.2, 0.25) is 0 Å². The molecule has 1 aliphatic heterocycles. The Morgan fingerprint density at radius 2 is 2.37 bits per heavy atom. The Bertz CT molecular complexity index is 408. The highest BCUT2D eigenvalue weighted by Gasteiger charge is 2.41. The number of hydrogen-bond donors (Lipinski definition) is 1. The number of hydrogen-bond acceptors (Lipinski definition) is 5. The first-order valence-corrected chi connectivity index (χ1v) is 8.82. The molecule has 0 radical (unpaired) electrons. The zero-order valence-corrected chi connectivity index (χ0v) is 13.9. The van der Waals surface area contributed by atoms with Gasteiger partial charge in [-0.15, -0.1) is 11.3 Å². The number of aromatic nitrogens is 1. The second-order valence-corrected chi connectivity index (χ2v) is 7.84. The zero-order valence-electron chi connectivity index (χ0n) is 12.2. The molecule has 19 heavy (non-hydrogen) atoms. The van der Waals surface area contributed by atoms with Crippen LogP contribution in [0.3, 0.4) is 0 Å². The van der Waals surface area contributed by atoms with E-state index in [0.29, 0.717) is 11.2 Å². The van der Waals surface area contributed by atoms with Gasteiger partial charge in [-0.3, -0.25) is 0 Å². The van der Waals surface area contributed by atoms with Gasteiger partial charge in [0, 0.05) is 30.0 Å². The van der Waals surface area contributed by atoms with Crippen molar-refractivity contribution >= 4 is 23.1 Å². The lowest BCUT2D eigenvalue weighted by Crippen LogP contribution is -2.44. The number of rotatable bonds is 6. The summed E-state index contributed by atoms with van der Waals surface area (Å²) in [6.45, 7) is 8.36. The molecule has 1 fully saturated rings. The summed E-state index contributed by atoms with van der Waals surface area (Å²) in [6, 6.07) is 0. The predicted molar refractivity (Wildman–Crippen MR) is 84.3 cm³/mol. The summed E-state index contributed by atoms with van der Waals surface area (Å²) in [5.74, 6) is 1.62. The molecule has 1 aromatic rings. The van der Waals surface area contributed by atoms with E-state index in [1.54, 1.807) is 18.4 Å². The molecule has 1 saturated heterocycles. The average Bonchev–Trinajstić information content (AvgIpc) is 2.97. The number of ether oxygens (including phenoxy) is 1. The summed E-state index contributed by atoms with van der Waals surface area (Å²) in [4.78, 5) is 4.88. The molecule has 2 unspecified atom stereocenters. The van der Waals surface area contributed by atoms with Gasteiger partial charge in [0.05, 0.1) is 17.8 Å². The van der Waals surface area contributed by atoms with Crippen LogP contribution in [0.15, 0.2) is 5.38 Å². The largest absolute Gasteiger partial charge is 0.383 e. The van der Waals surface area contributed by atoms with E-state index >= 15 is 0 Å². The van der Waals surface area contributed by atoms with E-state index in [2.05, 4.69) is 31.5 Å². The molecule has 2 heterocycles. The van der Waals surface area contributed by atoms with Crippen LogP contribution in [-0.4, -0.2) is 36.2 Å². The van der Waals surface area contributed by atoms with Crippen LogP contribution in [0.5, 0.6) is 0 Å². The number of methoxy groups -OCH3 is 1. The Morgan fingerprint density at radius 3 is 2.89 bits per heavy atom. The van der Waals surface area contributed by atoms with Crippen molar-refractivity contribution in [2.45, 2.75) is 43.9 Å². The van der Waals surface area contributed by atoms with Crippen molar-refractivity contribution < 1.29 is 4.74 Å². The molecule has 2 rings (SSSR count). The van der Waals surface area contributed by atoms with Crippen molar-refractivity contribution in [2.24, 2.45) is 0 Å². The maximum atomic E-state index is 5.17. The van der Waals surface area contributed by atoms with Crippen molar-refractivity contribution in [3.05, 3.63) is 16.1 Å². The highest BCUT2D eigenvalue weighted by molar-refractivity contribution is 8.00. The van der Waals surface area contributed by atoms with Gasteiger partial charge in [-0.05, 0) is 12.3 Å². The first kappa shape index (κ1) is 15.3. The maximum Gasteiger partial charge on any atom is 0.114 e. The number of thiazole rings is 1. The molecule has 5 heteroatoms. The van der Waals surface area contributed by atoms with Gasteiger partial charge in [0.1, 0.15) is 5.01 Å². The van der Waals surface area contributed by atoms with Crippen LogP contribution in [-0.2, 0) is 10.3 Å². The van der Waals surface area contributed by atoms with E-state index in [0.717, 1.165) is 25.3 Å². The highest BCUT2D eigenvalue weighted by Crippen LogP contribution is 2.42. The molecule has 3 nitrogen and oxygen atoms in total. The van der Waals surface area contributed by atoms with Gasteiger partial charge in [0.25, 0.3) is 0 Å². The monoisotopic (exact) mass is 300 g/mol. The smallest absolute Gasteiger partial charge is 0.114 e. The van der Waals surface area contributed by atoms with Crippen LogP contribution in [0.25, 0.3) is 0 Å². The third-order valence-electron chi connectivity index (χ3n) is 3.54. The summed E-state index contributed by atoms with van der Waals surface area (Å²) < 4.78 is 5.17. The Morgan fingerprint density at radius 1 is 1.58 bits per heavy atom. The van der Waals surface area contributed by atoms with Crippen molar-refractivity contribution in [1.29, 1.82) is 0 Å². The van der Waals surface area contributed by atoms with Crippen molar-refractivity contribution in [3.8, 4) is 0 Å². The molecule has 0 aromatic carbocycles. The van der Waals surface area contributed by atoms with E-state index < -0.39 is 0 Å². The summed E-state index contributed by atoms with van der Waals surface area (Å²) >= 11 is 3.84. The molecule has 108 valence electrons. The fraction of sp³-hybridized carbons (Fsp3) is 0.786. The topological polar surface area (TPSA) is 34.1 Å². The Labute approximate surface area is 124 Å². The molecule has 0 aliphatic carbocycles. The third kappa shape index (κ3) is 3.51. The van der Waals surface area contributed by atoms with E-state index in [-0.39, 0.29) is 5.54 Å². The quantitative estimate of drug-likeness (QED) is 0.818. The first-order chi connectivity index (χ1) is 9.07. The lowest BCUT2D eigenvalue weighted by atomic mass is 9.97. The van der Waals surface area contributed by atoms with Gasteiger partial charge < -0.3 is 10.1 Å². The second-order valence-electron chi connectivity index (χ2n) is 5.56. The highest BCUT2D eigenvalue weighted by atomic mass is 32.2. The SMILES string of the molecule is COCCNC1(c2nc(C(C)C)cs2)CSC(C)C1. The van der Waals surface area contributed by atoms with Crippen LogP contribution in [0.1, 0.15) is 43.8 Å². The minimum Gasteiger partial charge on any atom is -0.383 e. The van der Waals surface area contributed by atoms with Crippen LogP contribution in [0, 0.1) is 0 Å². The van der Waals surface area contributed by atoms with Gasteiger partial charge in [-0.2, -0.15) is 11.8 Å². The summed E-state index contributed by atoms with van der Waals surface area (Å²) in [5, 5.41) is 7.86. The van der Waals surface area contributed by atoms with E-state index in [4.69, 9.17) is 9.72 Å². The molecule has 0 bridgehead atoms. The minimum atomic E-state index is 0.0560. The van der Waals surface area contributed by atoms with Crippen molar-refractivity contribution in [3.63, 3.8) is 0 Å². The fourth-order valence-corrected chi connectivity index (χ4v) is 4.99. The fourth-order valence-electron chi connectivity index (χ4n) is 2.40. The summed E-state index contributed by atoms with van der Waals surface area (Å²) in [5.41, 5.74) is 1.28. The van der Waals surface area contributed by atoms with Gasteiger partial charge in [-0.1, -0.05) is 20.8 Å². The molecule has 1 aliphatic rings. The second kappa shape index (κ2) is 6.57. The van der Waals surface area contributed by atoms with Crippen molar-refractivity contribution in [2.75, 3.05) is 26.0 Å². The van der Waals surface area contributed by atoms with Gasteiger partial charge in [0.2, 0.25) is 0 Å². The molecule has 1 aromatic heterocycles. The van der Waals surface area contributed by atoms with E-state index in [9.17, 15) is 0 Å². The zero-order chi connectivity index (χ0) is 13.9. The Kier molecular flexibility index (Phi) is 5.29. The normalized spacial score (nSPS) is 27.3. The standard InChI is InChI=1S/C14H24N2OS2/c1-10(2)12-8-18-13(16-12)14(15-5-6-17-4)7-11(3)19-9-14/h8,10-11,15H,5-7,9H2,1-4H3. The predicted octanol–water partition coefficient (Wildman–Crippen LogP) is 3.22. The molecule has 2 atom stereocenters. The average molecular weight is 300 g/mol. The van der Waals surface area contributed by atoms with Gasteiger partial charge in [0.15, 0.2) is 0 Å². The first-order valence-electron chi connectivity index (χ1n) is 6.89. The molecule has 1 N–H and O–H groups in total. The number of thioether (sulfide) groups is 1. The van der Waals surface area contributed by atoms with Gasteiger partial charge in [-0.25, -0.2) is 4.98 Å². The number of nitrogens with one attached hydrogen (secondary N) is 1. The third-order valence-corrected chi connectivity index (χ3v) is 6.00.